The van der Waals surface area contributed by atoms with Gasteiger partial charge in [0.1, 0.15) is 11.8 Å². The predicted octanol–water partition coefficient (Wildman–Crippen LogP) is 3.10. The second kappa shape index (κ2) is 7.31. The summed E-state index contributed by atoms with van der Waals surface area (Å²) >= 11 is 3.44. The molecule has 1 rings (SSSR count). The van der Waals surface area contributed by atoms with E-state index in [4.69, 9.17) is 10.00 Å². The Balaban J connectivity index is 2.69. The maximum absolute atomic E-state index is 8.55. The molecular weight excluding hydrogens is 280 g/mol. The molecule has 0 radical (unpaired) electrons. The van der Waals surface area contributed by atoms with Crippen molar-refractivity contribution in [1.82, 2.24) is 5.32 Å². The van der Waals surface area contributed by atoms with Crippen molar-refractivity contribution in [1.29, 1.82) is 5.26 Å². The number of nitrogens with one attached hydrogen (secondary N) is 1. The van der Waals surface area contributed by atoms with Crippen molar-refractivity contribution >= 4 is 15.9 Å². The van der Waals surface area contributed by atoms with E-state index in [1.54, 1.807) is 0 Å². The van der Waals surface area contributed by atoms with Crippen molar-refractivity contribution in [2.75, 3.05) is 13.2 Å². The van der Waals surface area contributed by atoms with E-state index < -0.39 is 0 Å². The van der Waals surface area contributed by atoms with Gasteiger partial charge in [0, 0.05) is 12.1 Å². The van der Waals surface area contributed by atoms with Gasteiger partial charge in [-0.2, -0.15) is 5.26 Å². The monoisotopic (exact) mass is 296 g/mol. The van der Waals surface area contributed by atoms with E-state index in [1.807, 2.05) is 24.3 Å². The normalized spacial score (nSPS) is 10.3. The maximum Gasteiger partial charge on any atom is 0.174 e. The Bertz CT molecular complexity index is 399. The Morgan fingerprint density at radius 3 is 2.88 bits per heavy atom. The van der Waals surface area contributed by atoms with E-state index >= 15 is 0 Å². The zero-order valence-electron chi connectivity index (χ0n) is 10.2. The zero-order chi connectivity index (χ0) is 12.7. The largest absolute Gasteiger partial charge is 0.477 e. The number of ether oxygens (including phenoxy) is 1. The zero-order valence-corrected chi connectivity index (χ0v) is 11.8. The summed E-state index contributed by atoms with van der Waals surface area (Å²) in [6.45, 7) is 6.12. The molecule has 0 saturated heterocycles. The van der Waals surface area contributed by atoms with Gasteiger partial charge < -0.3 is 10.1 Å². The van der Waals surface area contributed by atoms with Crippen LogP contribution >= 0.6 is 15.9 Å². The molecule has 0 aromatic heterocycles. The molecule has 4 heteroatoms. The lowest BCUT2D eigenvalue weighted by atomic mass is 10.2. The first-order chi connectivity index (χ1) is 8.15. The lowest BCUT2D eigenvalue weighted by molar-refractivity contribution is 0.360. The van der Waals surface area contributed by atoms with Crippen LogP contribution in [0.3, 0.4) is 0 Å². The molecule has 3 nitrogen and oxygen atoms in total. The van der Waals surface area contributed by atoms with Crippen LogP contribution in [0.25, 0.3) is 0 Å². The van der Waals surface area contributed by atoms with E-state index in [0.29, 0.717) is 5.92 Å². The van der Waals surface area contributed by atoms with E-state index in [-0.39, 0.29) is 6.61 Å². The number of para-hydroxylation sites is 1. The first-order valence-electron chi connectivity index (χ1n) is 5.63. The van der Waals surface area contributed by atoms with Crippen LogP contribution in [0.1, 0.15) is 19.4 Å². The number of nitrogens with zero attached hydrogens (tertiary/aromatic N) is 1. The Morgan fingerprint density at radius 1 is 1.47 bits per heavy atom. The van der Waals surface area contributed by atoms with E-state index in [1.165, 1.54) is 0 Å². The predicted molar refractivity (Wildman–Crippen MR) is 71.8 cm³/mol. The lowest BCUT2D eigenvalue weighted by Gasteiger charge is -2.13. The highest BCUT2D eigenvalue weighted by atomic mass is 79.9. The number of hydrogen-bond acceptors (Lipinski definition) is 3. The highest BCUT2D eigenvalue weighted by Crippen LogP contribution is 2.28. The molecule has 0 spiro atoms. The van der Waals surface area contributed by atoms with Crippen LogP contribution in [0.2, 0.25) is 0 Å². The van der Waals surface area contributed by atoms with Gasteiger partial charge in [-0.05, 0) is 34.5 Å². The molecule has 0 atom stereocenters. The van der Waals surface area contributed by atoms with Gasteiger partial charge in [0.2, 0.25) is 0 Å². The minimum Gasteiger partial charge on any atom is -0.477 e. The molecule has 0 amide bonds. The minimum atomic E-state index is 0.0692. The second-order valence-electron chi connectivity index (χ2n) is 4.20. The Morgan fingerprint density at radius 2 is 2.24 bits per heavy atom. The summed E-state index contributed by atoms with van der Waals surface area (Å²) in [5.74, 6) is 1.37. The van der Waals surface area contributed by atoms with E-state index in [0.717, 1.165) is 28.9 Å². The van der Waals surface area contributed by atoms with Crippen LogP contribution < -0.4 is 10.1 Å². The standard InChI is InChI=1S/C13H17BrN2O/c1-10(2)8-16-9-11-4-3-5-12(14)13(11)17-7-6-15/h3-5,10,16H,7-9H2,1-2H3. The molecule has 0 bridgehead atoms. The van der Waals surface area contributed by atoms with Crippen molar-refractivity contribution in [2.45, 2.75) is 20.4 Å². The molecule has 1 aromatic carbocycles. The summed E-state index contributed by atoms with van der Waals surface area (Å²) < 4.78 is 6.31. The second-order valence-corrected chi connectivity index (χ2v) is 5.05. The van der Waals surface area contributed by atoms with Crippen molar-refractivity contribution in [3.63, 3.8) is 0 Å². The molecule has 0 aliphatic heterocycles. The summed E-state index contributed by atoms with van der Waals surface area (Å²) in [6, 6.07) is 7.87. The third-order valence-electron chi connectivity index (χ3n) is 2.20. The highest BCUT2D eigenvalue weighted by Gasteiger charge is 2.07. The molecule has 0 fully saturated rings. The van der Waals surface area contributed by atoms with Crippen LogP contribution in [-0.4, -0.2) is 13.2 Å². The van der Waals surface area contributed by atoms with Crippen LogP contribution in [-0.2, 0) is 6.54 Å². The fourth-order valence-corrected chi connectivity index (χ4v) is 1.98. The third-order valence-corrected chi connectivity index (χ3v) is 2.82. The summed E-state index contributed by atoms with van der Waals surface area (Å²) in [7, 11) is 0. The fourth-order valence-electron chi connectivity index (χ4n) is 1.45. The first kappa shape index (κ1) is 14.0. The first-order valence-corrected chi connectivity index (χ1v) is 6.42. The number of rotatable bonds is 6. The van der Waals surface area contributed by atoms with Crippen molar-refractivity contribution in [3.05, 3.63) is 28.2 Å². The SMILES string of the molecule is CC(C)CNCc1cccc(Br)c1OCC#N. The molecule has 0 aliphatic rings. The third kappa shape index (κ3) is 4.76. The molecule has 92 valence electrons. The topological polar surface area (TPSA) is 45.0 Å². The Kier molecular flexibility index (Phi) is 6.03. The summed E-state index contributed by atoms with van der Waals surface area (Å²) in [5, 5.41) is 11.9. The Hall–Kier alpha value is -1.05. The van der Waals surface area contributed by atoms with Crippen LogP contribution in [0.15, 0.2) is 22.7 Å². The molecular formula is C13H17BrN2O. The van der Waals surface area contributed by atoms with E-state index in [9.17, 15) is 0 Å². The number of hydrogen-bond donors (Lipinski definition) is 1. The lowest BCUT2D eigenvalue weighted by Crippen LogP contribution is -2.19. The molecule has 0 unspecified atom stereocenters. The van der Waals surface area contributed by atoms with Crippen molar-refractivity contribution in [2.24, 2.45) is 5.92 Å². The number of halogens is 1. The summed E-state index contributed by atoms with van der Waals surface area (Å²) in [4.78, 5) is 0. The number of benzene rings is 1. The maximum atomic E-state index is 8.55. The van der Waals surface area contributed by atoms with Gasteiger partial charge in [-0.1, -0.05) is 26.0 Å². The van der Waals surface area contributed by atoms with Crippen molar-refractivity contribution in [3.8, 4) is 11.8 Å². The Labute approximate surface area is 111 Å². The van der Waals surface area contributed by atoms with Crippen LogP contribution in [0.5, 0.6) is 5.75 Å². The van der Waals surface area contributed by atoms with E-state index in [2.05, 4.69) is 35.1 Å². The minimum absolute atomic E-state index is 0.0692. The van der Waals surface area contributed by atoms with Crippen LogP contribution in [0.4, 0.5) is 0 Å². The van der Waals surface area contributed by atoms with Gasteiger partial charge in [0.25, 0.3) is 0 Å². The van der Waals surface area contributed by atoms with Gasteiger partial charge in [0.05, 0.1) is 4.47 Å². The fraction of sp³-hybridized carbons (Fsp3) is 0.462. The highest BCUT2D eigenvalue weighted by molar-refractivity contribution is 9.10. The van der Waals surface area contributed by atoms with Gasteiger partial charge in [0.15, 0.2) is 6.61 Å². The van der Waals surface area contributed by atoms with Gasteiger partial charge in [-0.15, -0.1) is 0 Å². The molecule has 1 aromatic rings. The van der Waals surface area contributed by atoms with Gasteiger partial charge >= 0.3 is 0 Å². The van der Waals surface area contributed by atoms with Gasteiger partial charge in [-0.25, -0.2) is 0 Å². The quantitative estimate of drug-likeness (QED) is 0.877. The molecule has 0 aliphatic carbocycles. The van der Waals surface area contributed by atoms with Crippen molar-refractivity contribution < 1.29 is 4.74 Å². The van der Waals surface area contributed by atoms with Crippen LogP contribution in [0, 0.1) is 17.2 Å². The summed E-state index contributed by atoms with van der Waals surface area (Å²) in [5.41, 5.74) is 1.07. The molecule has 0 heterocycles. The van der Waals surface area contributed by atoms with Gasteiger partial charge in [-0.3, -0.25) is 0 Å². The smallest absolute Gasteiger partial charge is 0.174 e. The summed E-state index contributed by atoms with van der Waals surface area (Å²) in [6.07, 6.45) is 0. The molecule has 0 saturated carbocycles. The average Bonchev–Trinajstić information content (AvgIpc) is 2.28. The average molecular weight is 297 g/mol. The molecule has 1 N–H and O–H groups in total. The number of nitriles is 1. The molecule has 17 heavy (non-hydrogen) atoms.